The number of phenolic OH excluding ortho intramolecular Hbond substituents is 1. The van der Waals surface area contributed by atoms with Crippen LogP contribution in [0, 0.1) is 0 Å². The lowest BCUT2D eigenvalue weighted by Gasteiger charge is -1.98. The van der Waals surface area contributed by atoms with Crippen LogP contribution in [0.4, 0.5) is 0 Å². The number of phenols is 1. The summed E-state index contributed by atoms with van der Waals surface area (Å²) in [6.45, 7) is 0. The number of aldehydes is 1. The van der Waals surface area contributed by atoms with Crippen LogP contribution in [0.1, 0.15) is 5.69 Å². The molecule has 1 heterocycles. The zero-order valence-corrected chi connectivity index (χ0v) is 8.70. The van der Waals surface area contributed by atoms with Crippen molar-refractivity contribution in [2.75, 3.05) is 0 Å². The number of nitrogens with zero attached hydrogens (tertiary/aromatic N) is 1. The van der Waals surface area contributed by atoms with E-state index in [-0.39, 0.29) is 5.75 Å². The van der Waals surface area contributed by atoms with Gasteiger partial charge in [-0.1, -0.05) is 12.1 Å². The number of hydrogen-bond acceptors (Lipinski definition) is 4. The summed E-state index contributed by atoms with van der Waals surface area (Å²) in [5.41, 5.74) is 1.45. The lowest BCUT2D eigenvalue weighted by atomic mass is 10.2. The topological polar surface area (TPSA) is 50.2 Å². The van der Waals surface area contributed by atoms with Crippen molar-refractivity contribution in [3.05, 3.63) is 35.3 Å². The van der Waals surface area contributed by atoms with Crippen LogP contribution in [-0.4, -0.2) is 16.4 Å². The Labute approximate surface area is 91.0 Å². The molecule has 76 valence electrons. The molecule has 1 aromatic heterocycles. The summed E-state index contributed by atoms with van der Waals surface area (Å²) in [6, 6.07) is 7.03. The van der Waals surface area contributed by atoms with Crippen molar-refractivity contribution in [1.29, 1.82) is 0 Å². The van der Waals surface area contributed by atoms with Crippen molar-refractivity contribution in [2.24, 2.45) is 0 Å². The first-order chi connectivity index (χ1) is 7.31. The number of carbonyl (C=O) groups excluding carboxylic acids is 1. The van der Waals surface area contributed by atoms with Crippen LogP contribution in [0.15, 0.2) is 29.6 Å². The highest BCUT2D eigenvalue weighted by Gasteiger charge is 2.07. The first kappa shape index (κ1) is 9.86. The summed E-state index contributed by atoms with van der Waals surface area (Å²) >= 11 is 1.43. The number of carbonyl (C=O) groups is 1. The van der Waals surface area contributed by atoms with E-state index in [1.165, 1.54) is 11.3 Å². The predicted octanol–water partition coefficient (Wildman–Crippen LogP) is 2.26. The first-order valence-corrected chi connectivity index (χ1v) is 5.35. The van der Waals surface area contributed by atoms with Gasteiger partial charge in [-0.25, -0.2) is 4.98 Å². The molecule has 0 aliphatic heterocycles. The first-order valence-electron chi connectivity index (χ1n) is 4.47. The summed E-state index contributed by atoms with van der Waals surface area (Å²) in [5, 5.41) is 12.2. The lowest BCUT2D eigenvalue weighted by molar-refractivity contribution is -0.107. The second kappa shape index (κ2) is 4.23. The third-order valence-corrected chi connectivity index (χ3v) is 2.90. The van der Waals surface area contributed by atoms with E-state index in [2.05, 4.69) is 4.98 Å². The number of para-hydroxylation sites is 1. The van der Waals surface area contributed by atoms with Gasteiger partial charge in [-0.2, -0.15) is 0 Å². The second-order valence-electron chi connectivity index (χ2n) is 3.03. The molecule has 2 aromatic rings. The van der Waals surface area contributed by atoms with E-state index in [4.69, 9.17) is 0 Å². The van der Waals surface area contributed by atoms with E-state index in [1.807, 2.05) is 11.4 Å². The summed E-state index contributed by atoms with van der Waals surface area (Å²) in [5.74, 6) is 0.213. The smallest absolute Gasteiger partial charge is 0.127 e. The fraction of sp³-hybridized carbons (Fsp3) is 0.0909. The van der Waals surface area contributed by atoms with Gasteiger partial charge >= 0.3 is 0 Å². The van der Waals surface area contributed by atoms with Crippen molar-refractivity contribution in [3.8, 4) is 16.3 Å². The molecule has 0 spiro atoms. The largest absolute Gasteiger partial charge is 0.507 e. The van der Waals surface area contributed by atoms with Crippen molar-refractivity contribution >= 4 is 17.6 Å². The standard InChI is InChI=1S/C11H9NO2S/c13-6-5-8-7-15-11(12-8)9-3-1-2-4-10(9)14/h1-4,6-7,14H,5H2. The van der Waals surface area contributed by atoms with Crippen LogP contribution in [0.5, 0.6) is 5.75 Å². The van der Waals surface area contributed by atoms with E-state index in [1.54, 1.807) is 18.2 Å². The van der Waals surface area contributed by atoms with Gasteiger partial charge in [0.2, 0.25) is 0 Å². The highest BCUT2D eigenvalue weighted by atomic mass is 32.1. The number of aromatic nitrogens is 1. The van der Waals surface area contributed by atoms with Crippen LogP contribution in [0.25, 0.3) is 10.6 Å². The highest BCUT2D eigenvalue weighted by Crippen LogP contribution is 2.30. The van der Waals surface area contributed by atoms with Crippen molar-refractivity contribution < 1.29 is 9.90 Å². The van der Waals surface area contributed by atoms with Gasteiger partial charge in [0.15, 0.2) is 0 Å². The predicted molar refractivity (Wildman–Crippen MR) is 59.0 cm³/mol. The summed E-state index contributed by atoms with van der Waals surface area (Å²) in [4.78, 5) is 14.6. The van der Waals surface area contributed by atoms with Gasteiger partial charge in [0, 0.05) is 11.8 Å². The quantitative estimate of drug-likeness (QED) is 0.805. The Hall–Kier alpha value is -1.68. The molecule has 1 N–H and O–H groups in total. The van der Waals surface area contributed by atoms with Crippen molar-refractivity contribution in [1.82, 2.24) is 4.98 Å². The Morgan fingerprint density at radius 3 is 2.93 bits per heavy atom. The minimum atomic E-state index is 0.213. The van der Waals surface area contributed by atoms with E-state index >= 15 is 0 Å². The molecule has 0 aliphatic carbocycles. The van der Waals surface area contributed by atoms with Gasteiger partial charge in [-0.05, 0) is 12.1 Å². The Balaban J connectivity index is 2.37. The van der Waals surface area contributed by atoms with Gasteiger partial charge < -0.3 is 9.90 Å². The maximum atomic E-state index is 10.3. The molecular formula is C11H9NO2S. The Kier molecular flexibility index (Phi) is 2.78. The molecule has 15 heavy (non-hydrogen) atoms. The fourth-order valence-electron chi connectivity index (χ4n) is 1.26. The van der Waals surface area contributed by atoms with Gasteiger partial charge in [-0.15, -0.1) is 11.3 Å². The molecule has 0 saturated heterocycles. The van der Waals surface area contributed by atoms with Gasteiger partial charge in [0.25, 0.3) is 0 Å². The average molecular weight is 219 g/mol. The maximum absolute atomic E-state index is 10.3. The van der Waals surface area contributed by atoms with E-state index in [9.17, 15) is 9.90 Å². The number of rotatable bonds is 3. The fourth-order valence-corrected chi connectivity index (χ4v) is 2.13. The van der Waals surface area contributed by atoms with E-state index in [0.29, 0.717) is 12.0 Å². The minimum absolute atomic E-state index is 0.213. The summed E-state index contributed by atoms with van der Waals surface area (Å²) < 4.78 is 0. The molecular weight excluding hydrogens is 210 g/mol. The molecule has 0 amide bonds. The Bertz CT molecular complexity index is 479. The van der Waals surface area contributed by atoms with Gasteiger partial charge in [0.1, 0.15) is 17.0 Å². The highest BCUT2D eigenvalue weighted by molar-refractivity contribution is 7.13. The number of hydrogen-bond donors (Lipinski definition) is 1. The van der Waals surface area contributed by atoms with Crippen molar-refractivity contribution in [3.63, 3.8) is 0 Å². The third-order valence-electron chi connectivity index (χ3n) is 1.98. The van der Waals surface area contributed by atoms with Crippen LogP contribution >= 0.6 is 11.3 Å². The monoisotopic (exact) mass is 219 g/mol. The summed E-state index contributed by atoms with van der Waals surface area (Å²) in [6.07, 6.45) is 1.15. The summed E-state index contributed by atoms with van der Waals surface area (Å²) in [7, 11) is 0. The van der Waals surface area contributed by atoms with Crippen LogP contribution in [0.2, 0.25) is 0 Å². The molecule has 1 aromatic carbocycles. The van der Waals surface area contributed by atoms with Gasteiger partial charge in [0.05, 0.1) is 11.3 Å². The Morgan fingerprint density at radius 2 is 2.20 bits per heavy atom. The van der Waals surface area contributed by atoms with Gasteiger partial charge in [-0.3, -0.25) is 0 Å². The van der Waals surface area contributed by atoms with Crippen LogP contribution < -0.4 is 0 Å². The Morgan fingerprint density at radius 1 is 1.40 bits per heavy atom. The molecule has 4 heteroatoms. The molecule has 0 aliphatic rings. The molecule has 0 fully saturated rings. The molecule has 0 radical (unpaired) electrons. The normalized spacial score (nSPS) is 10.1. The van der Waals surface area contributed by atoms with E-state index in [0.717, 1.165) is 17.0 Å². The molecule has 0 bridgehead atoms. The SMILES string of the molecule is O=CCc1csc(-c2ccccc2O)n1. The zero-order valence-electron chi connectivity index (χ0n) is 7.88. The number of thiazole rings is 1. The maximum Gasteiger partial charge on any atom is 0.127 e. The molecule has 3 nitrogen and oxygen atoms in total. The molecule has 0 saturated carbocycles. The average Bonchev–Trinajstić information content (AvgIpc) is 2.68. The number of benzene rings is 1. The minimum Gasteiger partial charge on any atom is -0.507 e. The molecule has 0 atom stereocenters. The van der Waals surface area contributed by atoms with Crippen molar-refractivity contribution in [2.45, 2.75) is 6.42 Å². The zero-order chi connectivity index (χ0) is 10.7. The molecule has 0 unspecified atom stereocenters. The lowest BCUT2D eigenvalue weighted by Crippen LogP contribution is -1.85. The third kappa shape index (κ3) is 2.05. The molecule has 2 rings (SSSR count). The van der Waals surface area contributed by atoms with Crippen LogP contribution in [-0.2, 0) is 11.2 Å². The number of aromatic hydroxyl groups is 1. The van der Waals surface area contributed by atoms with Crippen LogP contribution in [0.3, 0.4) is 0 Å². The second-order valence-corrected chi connectivity index (χ2v) is 3.89. The van der Waals surface area contributed by atoms with E-state index < -0.39 is 0 Å².